The lowest BCUT2D eigenvalue weighted by atomic mass is 10.1. The Balaban J connectivity index is 1.63. The number of fused-ring (bicyclic) bond motifs is 3. The molecule has 3 aromatic rings. The van der Waals surface area contributed by atoms with Crippen molar-refractivity contribution in [1.82, 2.24) is 19.3 Å². The maximum Gasteiger partial charge on any atom is 0.213 e. The number of piperazine rings is 1. The molecule has 2 atom stereocenters. The molecule has 0 aromatic carbocycles. The summed E-state index contributed by atoms with van der Waals surface area (Å²) in [4.78, 5) is 11.5. The first kappa shape index (κ1) is 17.6. The summed E-state index contributed by atoms with van der Waals surface area (Å²) in [6.45, 7) is 2.13. The highest BCUT2D eigenvalue weighted by Crippen LogP contribution is 2.39. The molecule has 2 aliphatic rings. The second-order valence-electron chi connectivity index (χ2n) is 7.09. The molecule has 1 N–H and O–H groups in total. The van der Waals surface area contributed by atoms with Gasteiger partial charge >= 0.3 is 0 Å². The number of halogens is 1. The minimum absolute atomic E-state index is 0.608. The van der Waals surface area contributed by atoms with Crippen molar-refractivity contribution in [2.24, 2.45) is 0 Å². The summed E-state index contributed by atoms with van der Waals surface area (Å²) in [5.74, 6) is 0.620. The molecule has 5 rings (SSSR count). The second-order valence-corrected chi connectivity index (χ2v) is 8.77. The van der Waals surface area contributed by atoms with Crippen molar-refractivity contribution >= 4 is 47.0 Å². The first-order valence-electron chi connectivity index (χ1n) is 9.08. The number of methoxy groups -OCH3 is 1. The molecule has 2 saturated heterocycles. The number of aromatic nitrogens is 3. The zero-order valence-corrected chi connectivity index (χ0v) is 17.9. The van der Waals surface area contributed by atoms with Gasteiger partial charge in [-0.15, -0.1) is 0 Å². The van der Waals surface area contributed by atoms with Crippen LogP contribution in [-0.2, 0) is 0 Å². The fourth-order valence-electron chi connectivity index (χ4n) is 4.28. The lowest BCUT2D eigenvalue weighted by Gasteiger charge is -2.34. The topological polar surface area (TPSA) is 55.2 Å². The molecule has 0 aliphatic carbocycles. The standard InChI is InChI=1S/C19H20IN5OS/c1-26-18-8-12(4-6-21-18)17-9-15-16(5-7-22-19(15)25(17)27-20)24-10-13-2-3-14(11-24)23-13/h4-9,13-14,23H,2-3,10-11H2,1H3/t13-,14+. The SMILES string of the molecule is COc1cc(-c2cc3c(N4C[C@H]5CC[C@@H](C4)N5)ccnc3n2SI)ccn1. The Morgan fingerprint density at radius 3 is 2.67 bits per heavy atom. The molecule has 0 unspecified atom stereocenters. The fourth-order valence-corrected chi connectivity index (χ4v) is 5.92. The molecule has 0 saturated carbocycles. The van der Waals surface area contributed by atoms with Crippen LogP contribution in [0, 0.1) is 0 Å². The van der Waals surface area contributed by atoms with E-state index in [0.717, 1.165) is 30.0 Å². The molecule has 6 nitrogen and oxygen atoms in total. The zero-order chi connectivity index (χ0) is 18.4. The van der Waals surface area contributed by atoms with Crippen molar-refractivity contribution in [2.45, 2.75) is 24.9 Å². The van der Waals surface area contributed by atoms with Crippen LogP contribution in [0.2, 0.25) is 0 Å². The van der Waals surface area contributed by atoms with Gasteiger partial charge in [-0.25, -0.2) is 9.97 Å². The zero-order valence-electron chi connectivity index (χ0n) is 14.9. The van der Waals surface area contributed by atoms with Gasteiger partial charge in [0, 0.05) is 90.6 Å². The monoisotopic (exact) mass is 493 g/mol. The van der Waals surface area contributed by atoms with Gasteiger partial charge in [0.1, 0.15) is 0 Å². The van der Waals surface area contributed by atoms with Gasteiger partial charge in [0.05, 0.1) is 12.8 Å². The van der Waals surface area contributed by atoms with Gasteiger partial charge in [0.15, 0.2) is 5.65 Å². The van der Waals surface area contributed by atoms with E-state index in [1.54, 1.807) is 22.4 Å². The molecule has 2 fully saturated rings. The molecule has 5 heterocycles. The molecule has 140 valence electrons. The van der Waals surface area contributed by atoms with Gasteiger partial charge in [-0.05, 0) is 31.0 Å². The van der Waals surface area contributed by atoms with Crippen LogP contribution in [-0.4, -0.2) is 46.2 Å². The van der Waals surface area contributed by atoms with E-state index in [1.165, 1.54) is 23.9 Å². The van der Waals surface area contributed by atoms with Crippen LogP contribution in [0.1, 0.15) is 12.8 Å². The number of nitrogens with zero attached hydrogens (tertiary/aromatic N) is 4. The van der Waals surface area contributed by atoms with Crippen molar-refractivity contribution < 1.29 is 4.74 Å². The van der Waals surface area contributed by atoms with Gasteiger partial charge in [0.25, 0.3) is 0 Å². The first-order valence-corrected chi connectivity index (χ1v) is 12.4. The molecule has 3 aromatic heterocycles. The Morgan fingerprint density at radius 2 is 1.93 bits per heavy atom. The van der Waals surface area contributed by atoms with Crippen molar-refractivity contribution in [3.8, 4) is 17.1 Å². The summed E-state index contributed by atoms with van der Waals surface area (Å²) in [7, 11) is 3.29. The van der Waals surface area contributed by atoms with Gasteiger partial charge in [-0.2, -0.15) is 0 Å². The van der Waals surface area contributed by atoms with E-state index in [-0.39, 0.29) is 0 Å². The van der Waals surface area contributed by atoms with Crippen LogP contribution >= 0.6 is 30.3 Å². The van der Waals surface area contributed by atoms with Crippen LogP contribution < -0.4 is 15.0 Å². The number of ether oxygens (including phenoxy) is 1. The summed E-state index contributed by atoms with van der Waals surface area (Å²) in [6.07, 6.45) is 6.28. The maximum atomic E-state index is 5.31. The molecule has 27 heavy (non-hydrogen) atoms. The van der Waals surface area contributed by atoms with Gasteiger partial charge in [0.2, 0.25) is 5.88 Å². The first-order chi connectivity index (χ1) is 13.3. The largest absolute Gasteiger partial charge is 0.481 e. The summed E-state index contributed by atoms with van der Waals surface area (Å²) < 4.78 is 7.50. The predicted molar refractivity (Wildman–Crippen MR) is 119 cm³/mol. The quantitative estimate of drug-likeness (QED) is 0.557. The molecule has 0 spiro atoms. The maximum absolute atomic E-state index is 5.31. The summed E-state index contributed by atoms with van der Waals surface area (Å²) in [5.41, 5.74) is 4.48. The number of hydrogen-bond donors (Lipinski definition) is 1. The summed E-state index contributed by atoms with van der Waals surface area (Å²) in [5, 5.41) is 4.92. The normalized spacial score (nSPS) is 21.8. The molecular formula is C19H20IN5OS. The van der Waals surface area contributed by atoms with Crippen LogP contribution in [0.4, 0.5) is 5.69 Å². The van der Waals surface area contributed by atoms with E-state index in [0.29, 0.717) is 18.0 Å². The number of hydrogen-bond acceptors (Lipinski definition) is 6. The fraction of sp³-hybridized carbons (Fsp3) is 0.368. The Hall–Kier alpha value is -1.52. The molecule has 2 aliphatic heterocycles. The highest BCUT2D eigenvalue weighted by Gasteiger charge is 2.33. The summed E-state index contributed by atoms with van der Waals surface area (Å²) >= 11 is 2.32. The lowest BCUT2D eigenvalue weighted by molar-refractivity contribution is 0.398. The Kier molecular flexibility index (Phi) is 4.65. The van der Waals surface area contributed by atoms with Gasteiger partial charge in [-0.1, -0.05) is 0 Å². The Bertz CT molecular complexity index is 981. The highest BCUT2D eigenvalue weighted by atomic mass is 127. The summed E-state index contributed by atoms with van der Waals surface area (Å²) in [6, 6.07) is 9.62. The van der Waals surface area contributed by atoms with E-state index in [2.05, 4.69) is 52.5 Å². The molecule has 0 radical (unpaired) electrons. The second kappa shape index (κ2) is 7.14. The third-order valence-electron chi connectivity index (χ3n) is 5.50. The Morgan fingerprint density at radius 1 is 1.15 bits per heavy atom. The lowest BCUT2D eigenvalue weighted by Crippen LogP contribution is -2.51. The van der Waals surface area contributed by atoms with Crippen LogP contribution in [0.3, 0.4) is 0 Å². The minimum atomic E-state index is 0.608. The van der Waals surface area contributed by atoms with Gasteiger partial charge in [-0.3, -0.25) is 3.97 Å². The predicted octanol–water partition coefficient (Wildman–Crippen LogP) is 3.89. The third-order valence-corrected chi connectivity index (χ3v) is 7.19. The molecule has 8 heteroatoms. The van der Waals surface area contributed by atoms with E-state index in [1.807, 2.05) is 18.3 Å². The smallest absolute Gasteiger partial charge is 0.213 e. The van der Waals surface area contributed by atoms with Crippen LogP contribution in [0.25, 0.3) is 22.3 Å². The van der Waals surface area contributed by atoms with E-state index < -0.39 is 0 Å². The number of nitrogens with one attached hydrogen (secondary N) is 1. The van der Waals surface area contributed by atoms with E-state index in [9.17, 15) is 0 Å². The Labute approximate surface area is 174 Å². The molecular weight excluding hydrogens is 473 g/mol. The van der Waals surface area contributed by atoms with Crippen LogP contribution in [0.5, 0.6) is 5.88 Å². The molecule has 2 bridgehead atoms. The number of anilines is 1. The van der Waals surface area contributed by atoms with Crippen LogP contribution in [0.15, 0.2) is 36.7 Å². The number of pyridine rings is 2. The van der Waals surface area contributed by atoms with E-state index >= 15 is 0 Å². The van der Waals surface area contributed by atoms with Crippen molar-refractivity contribution in [2.75, 3.05) is 25.1 Å². The van der Waals surface area contributed by atoms with Crippen molar-refractivity contribution in [3.63, 3.8) is 0 Å². The highest BCUT2D eigenvalue weighted by molar-refractivity contribution is 14.2. The average Bonchev–Trinajstić information content (AvgIpc) is 3.26. The number of rotatable bonds is 4. The third kappa shape index (κ3) is 3.07. The van der Waals surface area contributed by atoms with Crippen molar-refractivity contribution in [3.05, 3.63) is 36.7 Å². The van der Waals surface area contributed by atoms with E-state index in [4.69, 9.17) is 9.72 Å². The van der Waals surface area contributed by atoms with Crippen molar-refractivity contribution in [1.29, 1.82) is 0 Å². The van der Waals surface area contributed by atoms with Gasteiger partial charge < -0.3 is 15.0 Å². The minimum Gasteiger partial charge on any atom is -0.481 e. The molecule has 0 amide bonds. The average molecular weight is 493 g/mol.